The average molecular weight is 781 g/mol. The van der Waals surface area contributed by atoms with Crippen molar-refractivity contribution in [1.82, 2.24) is 35.5 Å². The van der Waals surface area contributed by atoms with Crippen LogP contribution in [0.15, 0.2) is 82.6 Å². The van der Waals surface area contributed by atoms with Gasteiger partial charge in [0.25, 0.3) is 5.91 Å². The molecule has 2 fully saturated rings. The molecule has 0 saturated carbocycles. The van der Waals surface area contributed by atoms with Gasteiger partial charge < -0.3 is 39.2 Å². The number of piperidine rings is 1. The van der Waals surface area contributed by atoms with Crippen molar-refractivity contribution in [3.8, 4) is 5.75 Å². The van der Waals surface area contributed by atoms with Crippen LogP contribution >= 0.6 is 11.9 Å². The predicted octanol–water partition coefficient (Wildman–Crippen LogP) is 4.46. The molecule has 0 radical (unpaired) electrons. The molecule has 2 amide bonds. The molecule has 15 nitrogen and oxygen atoms in total. The summed E-state index contributed by atoms with van der Waals surface area (Å²) in [6.07, 6.45) is 8.65. The summed E-state index contributed by atoms with van der Waals surface area (Å²) in [5.74, 6) is 1.34. The van der Waals surface area contributed by atoms with Crippen LogP contribution in [0.25, 0.3) is 11.0 Å². The molecule has 2 saturated heterocycles. The number of hydrogen-bond donors (Lipinski definition) is 3. The van der Waals surface area contributed by atoms with Crippen LogP contribution in [0.4, 0.5) is 17.2 Å². The highest BCUT2D eigenvalue weighted by molar-refractivity contribution is 8.00. The number of carbonyl (C=O) groups excluding carboxylic acids is 3. The SMILES string of the molecule is CNC(=O)CCC(C=O)NC(=O)c1ccc(N2CCC(CN3CCN(c4cccc(SNc5noc6cc(Cn7cccn7)cc(OC)c56)c4)CC3)CC2)cn1. The molecule has 3 N–H and O–H groups in total. The maximum Gasteiger partial charge on any atom is 0.270 e. The monoisotopic (exact) mass is 780 g/mol. The van der Waals surface area contributed by atoms with Crippen LogP contribution in [0.1, 0.15) is 41.7 Å². The second-order valence-corrected chi connectivity index (χ2v) is 15.0. The number of fused-ring (bicyclic) bond motifs is 1. The van der Waals surface area contributed by atoms with Gasteiger partial charge in [0.15, 0.2) is 11.4 Å². The molecule has 3 aromatic heterocycles. The average Bonchev–Trinajstić information content (AvgIpc) is 3.92. The summed E-state index contributed by atoms with van der Waals surface area (Å²) in [4.78, 5) is 48.4. The second kappa shape index (κ2) is 18.3. The van der Waals surface area contributed by atoms with Gasteiger partial charge in [0.05, 0.1) is 31.6 Å². The number of benzene rings is 2. The van der Waals surface area contributed by atoms with Crippen molar-refractivity contribution in [3.05, 3.63) is 84.4 Å². The Labute approximate surface area is 330 Å². The van der Waals surface area contributed by atoms with Gasteiger partial charge >= 0.3 is 0 Å². The van der Waals surface area contributed by atoms with Crippen LogP contribution in [-0.4, -0.2) is 109 Å². The van der Waals surface area contributed by atoms with Crippen molar-refractivity contribution in [2.45, 2.75) is 43.2 Å². The number of aldehydes is 1. The Morgan fingerprint density at radius 2 is 1.84 bits per heavy atom. The van der Waals surface area contributed by atoms with Gasteiger partial charge in [0.1, 0.15) is 23.1 Å². The van der Waals surface area contributed by atoms with Gasteiger partial charge in [-0.25, -0.2) is 4.98 Å². The lowest BCUT2D eigenvalue weighted by Gasteiger charge is -2.40. The Balaban J connectivity index is 0.848. The molecule has 16 heteroatoms. The number of anilines is 3. The molecule has 1 atom stereocenters. The maximum absolute atomic E-state index is 12.7. The lowest BCUT2D eigenvalue weighted by atomic mass is 9.95. The van der Waals surface area contributed by atoms with Crippen molar-refractivity contribution in [2.24, 2.45) is 5.92 Å². The van der Waals surface area contributed by atoms with Crippen LogP contribution in [0.2, 0.25) is 0 Å². The summed E-state index contributed by atoms with van der Waals surface area (Å²) in [5.41, 5.74) is 4.10. The lowest BCUT2D eigenvalue weighted by Crippen LogP contribution is -2.49. The van der Waals surface area contributed by atoms with Crippen molar-refractivity contribution < 1.29 is 23.6 Å². The molecule has 56 heavy (non-hydrogen) atoms. The van der Waals surface area contributed by atoms with Gasteiger partial charge in [-0.3, -0.25) is 19.2 Å². The highest BCUT2D eigenvalue weighted by Gasteiger charge is 2.25. The van der Waals surface area contributed by atoms with Crippen LogP contribution in [0.3, 0.4) is 0 Å². The Kier molecular flexibility index (Phi) is 12.7. The van der Waals surface area contributed by atoms with E-state index in [9.17, 15) is 14.4 Å². The number of methoxy groups -OCH3 is 1. The van der Waals surface area contributed by atoms with Gasteiger partial charge in [0.2, 0.25) is 5.91 Å². The first-order valence-electron chi connectivity index (χ1n) is 19.0. The van der Waals surface area contributed by atoms with Gasteiger partial charge in [-0.2, -0.15) is 5.10 Å². The number of ether oxygens (including phenoxy) is 1. The Hall–Kier alpha value is -5.61. The van der Waals surface area contributed by atoms with E-state index in [4.69, 9.17) is 9.26 Å². The van der Waals surface area contributed by atoms with E-state index in [2.05, 4.69) is 69.6 Å². The third kappa shape index (κ3) is 9.60. The van der Waals surface area contributed by atoms with Crippen molar-refractivity contribution >= 4 is 58.2 Å². The van der Waals surface area contributed by atoms with Gasteiger partial charge in [0, 0.05) is 82.3 Å². The van der Waals surface area contributed by atoms with E-state index in [-0.39, 0.29) is 24.4 Å². The molecule has 2 aromatic carbocycles. The van der Waals surface area contributed by atoms with Gasteiger partial charge in [-0.05, 0) is 91.2 Å². The molecule has 5 aromatic rings. The highest BCUT2D eigenvalue weighted by atomic mass is 32.2. The van der Waals surface area contributed by atoms with Crippen LogP contribution in [0, 0.1) is 5.92 Å². The second-order valence-electron chi connectivity index (χ2n) is 14.2. The third-order valence-electron chi connectivity index (χ3n) is 10.5. The van der Waals surface area contributed by atoms with Crippen molar-refractivity contribution in [2.75, 3.05) is 74.5 Å². The molecular weight excluding hydrogens is 733 g/mol. The van der Waals surface area contributed by atoms with E-state index in [1.807, 2.05) is 35.1 Å². The fourth-order valence-electron chi connectivity index (χ4n) is 7.31. The Bertz CT molecular complexity index is 2080. The zero-order valence-electron chi connectivity index (χ0n) is 31.7. The predicted molar refractivity (Wildman–Crippen MR) is 216 cm³/mol. The minimum absolute atomic E-state index is 0.156. The number of aromatic nitrogens is 4. The van der Waals surface area contributed by atoms with E-state index in [1.54, 1.807) is 25.6 Å². The minimum Gasteiger partial charge on any atom is -0.496 e. The topological polar surface area (TPSA) is 163 Å². The molecule has 7 rings (SSSR count). The zero-order chi connectivity index (χ0) is 38.9. The van der Waals surface area contributed by atoms with E-state index >= 15 is 0 Å². The fraction of sp³-hybridized carbons (Fsp3) is 0.400. The third-order valence-corrected chi connectivity index (χ3v) is 11.2. The van der Waals surface area contributed by atoms with Crippen molar-refractivity contribution in [1.29, 1.82) is 0 Å². The van der Waals surface area contributed by atoms with Gasteiger partial charge in [-0.15, -0.1) is 0 Å². The minimum atomic E-state index is -0.741. The zero-order valence-corrected chi connectivity index (χ0v) is 32.5. The molecule has 2 aliphatic heterocycles. The summed E-state index contributed by atoms with van der Waals surface area (Å²) in [5, 5.41) is 14.6. The number of pyridine rings is 1. The first-order valence-corrected chi connectivity index (χ1v) is 19.8. The first kappa shape index (κ1) is 38.7. The number of piperazine rings is 1. The van der Waals surface area contributed by atoms with Crippen molar-refractivity contribution in [3.63, 3.8) is 0 Å². The molecular formula is C40H48N10O5S. The number of hydrogen-bond acceptors (Lipinski definition) is 13. The van der Waals surface area contributed by atoms with Crippen LogP contribution in [0.5, 0.6) is 5.75 Å². The quantitative estimate of drug-likeness (QED) is 0.0952. The molecule has 2 aliphatic rings. The standard InChI is InChI=1S/C40H48N10O5S/c1-41-37(52)10-7-30(27-51)44-40(53)34-9-8-32(24-42-34)48-15-11-28(12-16-48)25-47-17-19-49(20-18-47)31-5-3-6-33(23-31)56-46-39-38-35(54-2)21-29(22-36(38)55-45-39)26-50-14-4-13-43-50/h3-6,8-9,13-14,21-24,27-28,30H,7,10-12,15-20,25-26H2,1-2H3,(H,41,52)(H,44,53)(H,45,46). The fourth-order valence-corrected chi connectivity index (χ4v) is 7.99. The highest BCUT2D eigenvalue weighted by Crippen LogP contribution is 2.36. The maximum atomic E-state index is 12.7. The number of carbonyl (C=O) groups is 3. The first-order chi connectivity index (χ1) is 27.4. The van der Waals surface area contributed by atoms with Crippen LogP contribution < -0.4 is 29.9 Å². The number of nitrogens with one attached hydrogen (secondary N) is 3. The Morgan fingerprint density at radius 1 is 1.02 bits per heavy atom. The normalized spacial score (nSPS) is 15.8. The largest absolute Gasteiger partial charge is 0.496 e. The van der Waals surface area contributed by atoms with E-state index in [1.165, 1.54) is 24.7 Å². The Morgan fingerprint density at radius 3 is 2.55 bits per heavy atom. The molecule has 1 unspecified atom stereocenters. The molecule has 0 bridgehead atoms. The summed E-state index contributed by atoms with van der Waals surface area (Å²) in [6, 6.07) is 17.3. The van der Waals surface area contributed by atoms with E-state index < -0.39 is 11.9 Å². The summed E-state index contributed by atoms with van der Waals surface area (Å²) in [7, 11) is 3.19. The van der Waals surface area contributed by atoms with Crippen LogP contribution in [-0.2, 0) is 16.1 Å². The number of nitrogens with zero attached hydrogens (tertiary/aromatic N) is 7. The molecule has 294 valence electrons. The molecule has 0 aliphatic carbocycles. The summed E-state index contributed by atoms with van der Waals surface area (Å²) in [6.45, 7) is 7.56. The summed E-state index contributed by atoms with van der Waals surface area (Å²) < 4.78 is 16.7. The lowest BCUT2D eigenvalue weighted by molar-refractivity contribution is -0.120. The molecule has 0 spiro atoms. The molecule has 5 heterocycles. The number of rotatable bonds is 16. The number of amides is 2. The van der Waals surface area contributed by atoms with E-state index in [0.29, 0.717) is 35.9 Å². The van der Waals surface area contributed by atoms with Gasteiger partial charge in [-0.1, -0.05) is 11.2 Å². The van der Waals surface area contributed by atoms with E-state index in [0.717, 1.165) is 80.2 Å². The summed E-state index contributed by atoms with van der Waals surface area (Å²) >= 11 is 1.50. The smallest absolute Gasteiger partial charge is 0.270 e.